The molecule has 2 amide bonds. The number of esters is 1. The Morgan fingerprint density at radius 1 is 1.21 bits per heavy atom. The lowest BCUT2D eigenvalue weighted by Crippen LogP contribution is -2.25. The van der Waals surface area contributed by atoms with Crippen LogP contribution in [0.5, 0.6) is 0 Å². The summed E-state index contributed by atoms with van der Waals surface area (Å²) in [4.78, 5) is 41.5. The molecular formula is C22H27N3O4. The van der Waals surface area contributed by atoms with Gasteiger partial charge in [0.15, 0.2) is 0 Å². The van der Waals surface area contributed by atoms with Crippen molar-refractivity contribution in [3.05, 3.63) is 52.3 Å². The number of aromatic nitrogens is 1. The first-order valence-electron chi connectivity index (χ1n) is 9.85. The molecule has 0 saturated carbocycles. The Bertz CT molecular complexity index is 928. The minimum Gasteiger partial charge on any atom is -0.459 e. The largest absolute Gasteiger partial charge is 0.459 e. The predicted molar refractivity (Wildman–Crippen MR) is 110 cm³/mol. The van der Waals surface area contributed by atoms with Crippen LogP contribution in [0.25, 0.3) is 0 Å². The molecule has 7 nitrogen and oxygen atoms in total. The number of rotatable bonds is 6. The monoisotopic (exact) mass is 397 g/mol. The molecule has 7 heteroatoms. The van der Waals surface area contributed by atoms with Crippen LogP contribution in [0.1, 0.15) is 64.4 Å². The Morgan fingerprint density at radius 3 is 2.48 bits per heavy atom. The van der Waals surface area contributed by atoms with Crippen molar-refractivity contribution in [2.24, 2.45) is 0 Å². The Balaban J connectivity index is 1.65. The van der Waals surface area contributed by atoms with Gasteiger partial charge in [0.25, 0.3) is 5.91 Å². The van der Waals surface area contributed by atoms with Crippen LogP contribution < -0.4 is 10.2 Å². The molecule has 1 aromatic heterocycles. The molecule has 0 aliphatic carbocycles. The van der Waals surface area contributed by atoms with E-state index < -0.39 is 5.97 Å². The SMILES string of the molecule is Cc1[nH]c(C(=O)NCc2ccc(N3CCCC3=O)cc2)c(C)c1C(=O)OC(C)C. The van der Waals surface area contributed by atoms with E-state index in [0.29, 0.717) is 35.5 Å². The number of H-pyrrole nitrogens is 1. The van der Waals surface area contributed by atoms with Gasteiger partial charge in [-0.3, -0.25) is 9.59 Å². The number of hydrogen-bond acceptors (Lipinski definition) is 4. The van der Waals surface area contributed by atoms with E-state index >= 15 is 0 Å². The number of ether oxygens (including phenoxy) is 1. The maximum absolute atomic E-state index is 12.6. The Labute approximate surface area is 170 Å². The molecule has 1 aromatic carbocycles. The van der Waals surface area contributed by atoms with E-state index in [1.165, 1.54) is 0 Å². The summed E-state index contributed by atoms with van der Waals surface area (Å²) in [5, 5.41) is 2.87. The summed E-state index contributed by atoms with van der Waals surface area (Å²) >= 11 is 0. The molecule has 0 unspecified atom stereocenters. The van der Waals surface area contributed by atoms with Gasteiger partial charge in [0.1, 0.15) is 5.69 Å². The Hall–Kier alpha value is -3.09. The van der Waals surface area contributed by atoms with E-state index in [9.17, 15) is 14.4 Å². The maximum Gasteiger partial charge on any atom is 0.340 e. The first-order valence-corrected chi connectivity index (χ1v) is 9.85. The highest BCUT2D eigenvalue weighted by atomic mass is 16.5. The molecule has 3 rings (SSSR count). The average molecular weight is 397 g/mol. The standard InChI is InChI=1S/C22H27N3O4/c1-13(2)29-22(28)19-14(3)20(24-15(19)4)21(27)23-12-16-7-9-17(10-8-16)25-11-5-6-18(25)26/h7-10,13,24H,5-6,11-12H2,1-4H3,(H,23,27). The van der Waals surface area contributed by atoms with Crippen LogP contribution in [-0.2, 0) is 16.1 Å². The van der Waals surface area contributed by atoms with E-state index in [-0.39, 0.29) is 17.9 Å². The van der Waals surface area contributed by atoms with Gasteiger partial charge in [-0.15, -0.1) is 0 Å². The molecule has 29 heavy (non-hydrogen) atoms. The third kappa shape index (κ3) is 4.50. The smallest absolute Gasteiger partial charge is 0.340 e. The van der Waals surface area contributed by atoms with Gasteiger partial charge in [-0.05, 0) is 57.4 Å². The first kappa shape index (κ1) is 20.6. The number of benzene rings is 1. The van der Waals surface area contributed by atoms with Gasteiger partial charge < -0.3 is 19.9 Å². The fourth-order valence-corrected chi connectivity index (χ4v) is 3.54. The van der Waals surface area contributed by atoms with Crippen molar-refractivity contribution in [1.82, 2.24) is 10.3 Å². The van der Waals surface area contributed by atoms with Gasteiger partial charge in [-0.2, -0.15) is 0 Å². The zero-order chi connectivity index (χ0) is 21.1. The molecule has 1 aliphatic rings. The van der Waals surface area contributed by atoms with E-state index in [0.717, 1.165) is 24.2 Å². The number of carbonyl (C=O) groups is 3. The van der Waals surface area contributed by atoms with Crippen molar-refractivity contribution in [2.75, 3.05) is 11.4 Å². The number of anilines is 1. The summed E-state index contributed by atoms with van der Waals surface area (Å²) in [5.74, 6) is -0.569. The van der Waals surface area contributed by atoms with Crippen molar-refractivity contribution in [3.8, 4) is 0 Å². The molecule has 2 aromatic rings. The van der Waals surface area contributed by atoms with Gasteiger partial charge >= 0.3 is 5.97 Å². The number of carbonyl (C=O) groups excluding carboxylic acids is 3. The zero-order valence-corrected chi connectivity index (χ0v) is 17.3. The van der Waals surface area contributed by atoms with Crippen molar-refractivity contribution in [1.29, 1.82) is 0 Å². The lowest BCUT2D eigenvalue weighted by molar-refractivity contribution is -0.117. The second kappa shape index (κ2) is 8.51. The zero-order valence-electron chi connectivity index (χ0n) is 17.3. The van der Waals surface area contributed by atoms with Crippen LogP contribution in [0.15, 0.2) is 24.3 Å². The molecule has 2 heterocycles. The van der Waals surface area contributed by atoms with Gasteiger partial charge in [0, 0.05) is 30.9 Å². The molecule has 0 spiro atoms. The summed E-state index contributed by atoms with van der Waals surface area (Å²) < 4.78 is 5.26. The van der Waals surface area contributed by atoms with Crippen LogP contribution in [-0.4, -0.2) is 35.4 Å². The predicted octanol–water partition coefficient (Wildman–Crippen LogP) is 3.25. The maximum atomic E-state index is 12.6. The quantitative estimate of drug-likeness (QED) is 0.732. The Morgan fingerprint density at radius 2 is 1.90 bits per heavy atom. The fourth-order valence-electron chi connectivity index (χ4n) is 3.54. The van der Waals surface area contributed by atoms with Gasteiger partial charge in [-0.1, -0.05) is 12.1 Å². The number of nitrogens with zero attached hydrogens (tertiary/aromatic N) is 1. The molecular weight excluding hydrogens is 370 g/mol. The first-order chi connectivity index (χ1) is 13.8. The highest BCUT2D eigenvalue weighted by Crippen LogP contribution is 2.22. The third-order valence-electron chi connectivity index (χ3n) is 4.99. The van der Waals surface area contributed by atoms with E-state index in [4.69, 9.17) is 4.74 Å². The van der Waals surface area contributed by atoms with Crippen LogP contribution in [0.4, 0.5) is 5.69 Å². The number of hydrogen-bond donors (Lipinski definition) is 2. The minimum absolute atomic E-state index is 0.149. The molecule has 0 atom stereocenters. The van der Waals surface area contributed by atoms with Crippen LogP contribution in [0.2, 0.25) is 0 Å². The van der Waals surface area contributed by atoms with Crippen molar-refractivity contribution in [2.45, 2.75) is 53.2 Å². The summed E-state index contributed by atoms with van der Waals surface area (Å²) in [5.41, 5.74) is 3.76. The highest BCUT2D eigenvalue weighted by molar-refractivity contribution is 6.00. The molecule has 1 saturated heterocycles. The topological polar surface area (TPSA) is 91.5 Å². The second-order valence-electron chi connectivity index (χ2n) is 7.58. The van der Waals surface area contributed by atoms with Crippen LogP contribution in [0, 0.1) is 13.8 Å². The van der Waals surface area contributed by atoms with Gasteiger partial charge in [0.2, 0.25) is 5.91 Å². The number of amides is 2. The normalized spacial score (nSPS) is 13.8. The van der Waals surface area contributed by atoms with Gasteiger partial charge in [0.05, 0.1) is 11.7 Å². The minimum atomic E-state index is -0.433. The summed E-state index contributed by atoms with van der Waals surface area (Å²) in [7, 11) is 0. The lowest BCUT2D eigenvalue weighted by Gasteiger charge is -2.16. The molecule has 1 aliphatic heterocycles. The van der Waals surface area contributed by atoms with Crippen molar-refractivity contribution >= 4 is 23.5 Å². The van der Waals surface area contributed by atoms with Crippen LogP contribution >= 0.6 is 0 Å². The molecule has 0 radical (unpaired) electrons. The highest BCUT2D eigenvalue weighted by Gasteiger charge is 2.24. The molecule has 2 N–H and O–H groups in total. The number of nitrogens with one attached hydrogen (secondary N) is 2. The summed E-state index contributed by atoms with van der Waals surface area (Å²) in [6, 6.07) is 7.60. The van der Waals surface area contributed by atoms with Crippen molar-refractivity contribution in [3.63, 3.8) is 0 Å². The molecule has 0 bridgehead atoms. The van der Waals surface area contributed by atoms with Gasteiger partial charge in [-0.25, -0.2) is 4.79 Å². The lowest BCUT2D eigenvalue weighted by atomic mass is 10.1. The second-order valence-corrected chi connectivity index (χ2v) is 7.58. The summed E-state index contributed by atoms with van der Waals surface area (Å²) in [6.07, 6.45) is 1.25. The van der Waals surface area contributed by atoms with E-state index in [1.54, 1.807) is 32.6 Å². The summed E-state index contributed by atoms with van der Waals surface area (Å²) in [6.45, 7) is 8.15. The molecule has 1 fully saturated rings. The third-order valence-corrected chi connectivity index (χ3v) is 4.99. The van der Waals surface area contributed by atoms with Crippen molar-refractivity contribution < 1.29 is 19.1 Å². The number of aromatic amines is 1. The van der Waals surface area contributed by atoms with E-state index in [1.807, 2.05) is 24.3 Å². The van der Waals surface area contributed by atoms with Crippen LogP contribution in [0.3, 0.4) is 0 Å². The molecule has 154 valence electrons. The average Bonchev–Trinajstić information content (AvgIpc) is 3.22. The van der Waals surface area contributed by atoms with E-state index in [2.05, 4.69) is 10.3 Å². The Kier molecular flexibility index (Phi) is 6.06. The number of aryl methyl sites for hydroxylation is 1. The fraction of sp³-hybridized carbons (Fsp3) is 0.409.